The van der Waals surface area contributed by atoms with E-state index < -0.39 is 0 Å². The van der Waals surface area contributed by atoms with Gasteiger partial charge in [-0.3, -0.25) is 4.90 Å². The molecule has 18 heavy (non-hydrogen) atoms. The monoisotopic (exact) mass is 272 g/mol. The van der Waals surface area contributed by atoms with Gasteiger partial charge in [-0.15, -0.1) is 11.8 Å². The van der Waals surface area contributed by atoms with Gasteiger partial charge < -0.3 is 5.32 Å². The number of thioether (sulfide) groups is 1. The first-order valence-electron chi connectivity index (χ1n) is 7.33. The van der Waals surface area contributed by atoms with Crippen LogP contribution in [0.2, 0.25) is 0 Å². The highest BCUT2D eigenvalue weighted by atomic mass is 32.2. The minimum absolute atomic E-state index is 0.314. The Morgan fingerprint density at radius 1 is 1.11 bits per heavy atom. The van der Waals surface area contributed by atoms with Crippen LogP contribution in [0.3, 0.4) is 0 Å². The fourth-order valence-corrected chi connectivity index (χ4v) is 3.12. The summed E-state index contributed by atoms with van der Waals surface area (Å²) in [5.74, 6) is 0.756. The minimum atomic E-state index is 0.314. The van der Waals surface area contributed by atoms with Crippen molar-refractivity contribution in [3.05, 3.63) is 0 Å². The molecule has 0 aromatic heterocycles. The number of rotatable bonds is 6. The van der Waals surface area contributed by atoms with E-state index in [1.54, 1.807) is 0 Å². The lowest BCUT2D eigenvalue weighted by molar-refractivity contribution is 0.124. The molecule has 1 N–H and O–H groups in total. The maximum Gasteiger partial charge on any atom is 0.0639 e. The van der Waals surface area contributed by atoms with Gasteiger partial charge in [-0.1, -0.05) is 27.7 Å². The van der Waals surface area contributed by atoms with Crippen LogP contribution in [0.25, 0.3) is 0 Å². The predicted molar refractivity (Wildman–Crippen MR) is 84.2 cm³/mol. The van der Waals surface area contributed by atoms with Crippen LogP contribution in [-0.4, -0.2) is 42.2 Å². The van der Waals surface area contributed by atoms with E-state index in [1.807, 2.05) is 11.8 Å². The van der Waals surface area contributed by atoms with Crippen molar-refractivity contribution in [1.29, 1.82) is 0 Å². The Morgan fingerprint density at radius 2 is 1.67 bits per heavy atom. The third-order valence-corrected chi connectivity index (χ3v) is 6.36. The zero-order valence-corrected chi connectivity index (χ0v) is 14.0. The van der Waals surface area contributed by atoms with Crippen LogP contribution in [0.15, 0.2) is 0 Å². The highest BCUT2D eigenvalue weighted by Crippen LogP contribution is 2.39. The summed E-state index contributed by atoms with van der Waals surface area (Å²) in [6.45, 7) is 16.6. The zero-order valence-electron chi connectivity index (χ0n) is 13.2. The lowest BCUT2D eigenvalue weighted by atomic mass is 9.76. The molecule has 1 aliphatic heterocycles. The summed E-state index contributed by atoms with van der Waals surface area (Å²) >= 11 is 2.03. The molecule has 3 heteroatoms. The first-order valence-corrected chi connectivity index (χ1v) is 8.55. The zero-order chi connectivity index (χ0) is 13.8. The van der Waals surface area contributed by atoms with Gasteiger partial charge in [0, 0.05) is 26.2 Å². The summed E-state index contributed by atoms with van der Waals surface area (Å²) in [7, 11) is 0. The quantitative estimate of drug-likeness (QED) is 0.797. The van der Waals surface area contributed by atoms with Crippen molar-refractivity contribution in [3.8, 4) is 0 Å². The number of nitrogens with one attached hydrogen (secondary N) is 1. The number of piperazine rings is 1. The molecule has 108 valence electrons. The normalized spacial score (nSPS) is 22.2. The Kier molecular flexibility index (Phi) is 6.01. The Labute approximate surface area is 118 Å². The van der Waals surface area contributed by atoms with Gasteiger partial charge in [0.1, 0.15) is 0 Å². The van der Waals surface area contributed by atoms with Crippen LogP contribution in [-0.2, 0) is 0 Å². The molecule has 0 aromatic carbocycles. The van der Waals surface area contributed by atoms with Gasteiger partial charge in [-0.25, -0.2) is 0 Å². The van der Waals surface area contributed by atoms with Crippen molar-refractivity contribution < 1.29 is 0 Å². The second-order valence-corrected chi connectivity index (χ2v) is 8.05. The molecular weight excluding hydrogens is 240 g/mol. The third kappa shape index (κ3) is 4.14. The Morgan fingerprint density at radius 3 is 2.11 bits per heavy atom. The van der Waals surface area contributed by atoms with Gasteiger partial charge in [-0.05, 0) is 37.4 Å². The van der Waals surface area contributed by atoms with Crippen molar-refractivity contribution in [2.45, 2.75) is 52.3 Å². The van der Waals surface area contributed by atoms with Gasteiger partial charge in [-0.2, -0.15) is 0 Å². The SMILES string of the molecule is CSC(C)(CCC(C)(C)C(C)C)N1CCNCC1. The number of hydrogen-bond donors (Lipinski definition) is 1. The van der Waals surface area contributed by atoms with E-state index in [9.17, 15) is 0 Å². The summed E-state index contributed by atoms with van der Waals surface area (Å²) in [5, 5.41) is 3.45. The number of nitrogens with zero attached hydrogens (tertiary/aromatic N) is 1. The highest BCUT2D eigenvalue weighted by Gasteiger charge is 2.34. The van der Waals surface area contributed by atoms with Crippen LogP contribution >= 0.6 is 11.8 Å². The highest BCUT2D eigenvalue weighted by molar-refractivity contribution is 7.99. The minimum Gasteiger partial charge on any atom is -0.314 e. The van der Waals surface area contributed by atoms with E-state index in [4.69, 9.17) is 0 Å². The standard InChI is InChI=1S/C15H32N2S/c1-13(2)14(3,4)7-8-15(5,18-6)17-11-9-16-10-12-17/h13,16H,7-12H2,1-6H3. The Balaban J connectivity index is 2.59. The predicted octanol–water partition coefficient (Wildman–Crippen LogP) is 3.43. The van der Waals surface area contributed by atoms with E-state index in [-0.39, 0.29) is 0 Å². The molecule has 1 atom stereocenters. The van der Waals surface area contributed by atoms with Gasteiger partial charge >= 0.3 is 0 Å². The molecule has 1 aliphatic rings. The molecular formula is C15H32N2S. The first kappa shape index (κ1) is 16.3. The van der Waals surface area contributed by atoms with Crippen molar-refractivity contribution in [2.75, 3.05) is 32.4 Å². The van der Waals surface area contributed by atoms with Crippen LogP contribution < -0.4 is 5.32 Å². The summed E-state index contributed by atoms with van der Waals surface area (Å²) in [5.41, 5.74) is 0.449. The summed E-state index contributed by atoms with van der Waals surface area (Å²) in [4.78, 5) is 2.98. The van der Waals surface area contributed by atoms with E-state index in [0.717, 1.165) is 19.0 Å². The summed E-state index contributed by atoms with van der Waals surface area (Å²) in [6, 6.07) is 0. The molecule has 1 rings (SSSR count). The molecule has 1 heterocycles. The molecule has 0 aliphatic carbocycles. The van der Waals surface area contributed by atoms with Crippen molar-refractivity contribution in [2.24, 2.45) is 11.3 Å². The van der Waals surface area contributed by atoms with Crippen molar-refractivity contribution in [3.63, 3.8) is 0 Å². The third-order valence-electron chi connectivity index (χ3n) is 5.02. The maximum atomic E-state index is 3.45. The fourth-order valence-electron chi connectivity index (χ4n) is 2.37. The van der Waals surface area contributed by atoms with E-state index in [1.165, 1.54) is 25.9 Å². The maximum absolute atomic E-state index is 3.45. The van der Waals surface area contributed by atoms with Gasteiger partial charge in [0.15, 0.2) is 0 Å². The molecule has 0 aromatic rings. The second-order valence-electron chi connectivity index (χ2n) is 6.76. The van der Waals surface area contributed by atoms with Gasteiger partial charge in [0.2, 0.25) is 0 Å². The molecule has 1 fully saturated rings. The topological polar surface area (TPSA) is 15.3 Å². The number of hydrogen-bond acceptors (Lipinski definition) is 3. The fraction of sp³-hybridized carbons (Fsp3) is 1.00. The van der Waals surface area contributed by atoms with Crippen LogP contribution in [0.1, 0.15) is 47.5 Å². The van der Waals surface area contributed by atoms with Crippen LogP contribution in [0.5, 0.6) is 0 Å². The molecule has 0 amide bonds. The molecule has 0 saturated carbocycles. The summed E-state index contributed by atoms with van der Waals surface area (Å²) < 4.78 is 0. The molecule has 0 spiro atoms. The molecule has 1 unspecified atom stereocenters. The van der Waals surface area contributed by atoms with Crippen LogP contribution in [0.4, 0.5) is 0 Å². The average molecular weight is 273 g/mol. The van der Waals surface area contributed by atoms with Crippen molar-refractivity contribution >= 4 is 11.8 Å². The van der Waals surface area contributed by atoms with E-state index in [0.29, 0.717) is 10.3 Å². The molecule has 0 radical (unpaired) electrons. The average Bonchev–Trinajstić information content (AvgIpc) is 2.37. The first-order chi connectivity index (χ1) is 8.32. The second kappa shape index (κ2) is 6.62. The molecule has 0 bridgehead atoms. The lowest BCUT2D eigenvalue weighted by Crippen LogP contribution is -2.53. The largest absolute Gasteiger partial charge is 0.314 e. The molecule has 2 nitrogen and oxygen atoms in total. The van der Waals surface area contributed by atoms with E-state index >= 15 is 0 Å². The van der Waals surface area contributed by atoms with Gasteiger partial charge in [0.25, 0.3) is 0 Å². The smallest absolute Gasteiger partial charge is 0.0639 e. The molecule has 1 saturated heterocycles. The van der Waals surface area contributed by atoms with Crippen LogP contribution in [0, 0.1) is 11.3 Å². The van der Waals surface area contributed by atoms with Crippen molar-refractivity contribution in [1.82, 2.24) is 10.2 Å². The summed E-state index contributed by atoms with van der Waals surface area (Å²) in [6.07, 6.45) is 4.87. The Bertz CT molecular complexity index is 247. The lowest BCUT2D eigenvalue weighted by Gasteiger charge is -2.44. The Hall–Kier alpha value is 0.270. The van der Waals surface area contributed by atoms with Gasteiger partial charge in [0.05, 0.1) is 4.87 Å². The van der Waals surface area contributed by atoms with E-state index in [2.05, 4.69) is 51.1 Å².